The summed E-state index contributed by atoms with van der Waals surface area (Å²) < 4.78 is 0. The number of rotatable bonds is 3. The van der Waals surface area contributed by atoms with Crippen LogP contribution in [-0.4, -0.2) is 37.1 Å². The molecule has 1 rings (SSSR count). The number of carbonyl (C=O) groups is 1. The van der Waals surface area contributed by atoms with E-state index in [-0.39, 0.29) is 6.03 Å². The average molecular weight is 199 g/mol. The number of nitrogens with zero attached hydrogens (tertiary/aromatic N) is 1. The molecule has 4 heteroatoms. The lowest BCUT2D eigenvalue weighted by Crippen LogP contribution is -2.41. The molecule has 0 bridgehead atoms. The molecular weight excluding hydrogens is 178 g/mol. The Bertz CT molecular complexity index is 165. The number of amides is 2. The van der Waals surface area contributed by atoms with E-state index in [4.69, 9.17) is 5.73 Å². The molecule has 1 aliphatic heterocycles. The van der Waals surface area contributed by atoms with Crippen LogP contribution in [0.25, 0.3) is 0 Å². The third kappa shape index (κ3) is 3.96. The van der Waals surface area contributed by atoms with Gasteiger partial charge in [-0.3, -0.25) is 0 Å². The Morgan fingerprint density at radius 3 is 2.43 bits per heavy atom. The lowest BCUT2D eigenvalue weighted by Gasteiger charge is -2.20. The predicted octanol–water partition coefficient (Wildman–Crippen LogP) is 0.921. The van der Waals surface area contributed by atoms with Crippen LogP contribution in [0.1, 0.15) is 32.1 Å². The molecule has 0 aliphatic carbocycles. The van der Waals surface area contributed by atoms with Crippen molar-refractivity contribution in [1.29, 1.82) is 0 Å². The fourth-order valence-corrected chi connectivity index (χ4v) is 1.68. The third-order valence-electron chi connectivity index (χ3n) is 2.55. The van der Waals surface area contributed by atoms with Crippen molar-refractivity contribution >= 4 is 6.03 Å². The molecule has 3 N–H and O–H groups in total. The number of hydrogen-bond donors (Lipinski definition) is 2. The van der Waals surface area contributed by atoms with E-state index in [9.17, 15) is 4.79 Å². The Morgan fingerprint density at radius 2 is 1.86 bits per heavy atom. The van der Waals surface area contributed by atoms with Crippen LogP contribution < -0.4 is 11.1 Å². The van der Waals surface area contributed by atoms with E-state index < -0.39 is 0 Å². The normalized spacial score (nSPS) is 17.6. The zero-order chi connectivity index (χ0) is 10.2. The van der Waals surface area contributed by atoms with Crippen LogP contribution in [0.15, 0.2) is 0 Å². The van der Waals surface area contributed by atoms with Gasteiger partial charge in [-0.05, 0) is 25.8 Å². The lowest BCUT2D eigenvalue weighted by atomic mass is 10.2. The second-order valence-corrected chi connectivity index (χ2v) is 3.78. The monoisotopic (exact) mass is 199 g/mol. The molecule has 0 saturated carbocycles. The first-order chi connectivity index (χ1) is 6.84. The van der Waals surface area contributed by atoms with Crippen molar-refractivity contribution in [2.75, 3.05) is 26.2 Å². The molecule has 82 valence electrons. The zero-order valence-electron chi connectivity index (χ0n) is 8.80. The Labute approximate surface area is 85.8 Å². The highest BCUT2D eigenvalue weighted by Crippen LogP contribution is 2.09. The van der Waals surface area contributed by atoms with Gasteiger partial charge in [-0.2, -0.15) is 0 Å². The van der Waals surface area contributed by atoms with Crippen molar-refractivity contribution in [2.45, 2.75) is 32.1 Å². The van der Waals surface area contributed by atoms with Gasteiger partial charge < -0.3 is 16.0 Å². The summed E-state index contributed by atoms with van der Waals surface area (Å²) >= 11 is 0. The number of carbonyl (C=O) groups excluding carboxylic acids is 1. The minimum atomic E-state index is 0.0837. The summed E-state index contributed by atoms with van der Waals surface area (Å²) in [5.74, 6) is 0. The molecule has 0 unspecified atom stereocenters. The van der Waals surface area contributed by atoms with Gasteiger partial charge in [-0.1, -0.05) is 12.8 Å². The molecular formula is C10H21N3O. The summed E-state index contributed by atoms with van der Waals surface area (Å²) in [6.07, 6.45) is 5.66. The summed E-state index contributed by atoms with van der Waals surface area (Å²) in [7, 11) is 0. The van der Waals surface area contributed by atoms with Crippen molar-refractivity contribution in [3.8, 4) is 0 Å². The van der Waals surface area contributed by atoms with Crippen molar-refractivity contribution in [3.63, 3.8) is 0 Å². The van der Waals surface area contributed by atoms with Gasteiger partial charge >= 0.3 is 6.03 Å². The molecule has 1 saturated heterocycles. The first-order valence-corrected chi connectivity index (χ1v) is 5.57. The molecule has 14 heavy (non-hydrogen) atoms. The molecule has 4 nitrogen and oxygen atoms in total. The zero-order valence-corrected chi connectivity index (χ0v) is 8.80. The van der Waals surface area contributed by atoms with Gasteiger partial charge in [0.05, 0.1) is 0 Å². The van der Waals surface area contributed by atoms with E-state index in [1.165, 1.54) is 12.8 Å². The van der Waals surface area contributed by atoms with Crippen LogP contribution in [0.4, 0.5) is 4.79 Å². The van der Waals surface area contributed by atoms with Gasteiger partial charge in [0.15, 0.2) is 0 Å². The highest BCUT2D eigenvalue weighted by Gasteiger charge is 2.13. The largest absolute Gasteiger partial charge is 0.338 e. The first kappa shape index (κ1) is 11.3. The fraction of sp³-hybridized carbons (Fsp3) is 0.900. The molecule has 0 aromatic rings. The SMILES string of the molecule is NCCCNC(=O)N1CCCCCC1. The molecule has 0 aromatic carbocycles. The number of urea groups is 1. The number of nitrogens with one attached hydrogen (secondary N) is 1. The van der Waals surface area contributed by atoms with Crippen LogP contribution in [0, 0.1) is 0 Å². The number of likely N-dealkylation sites (tertiary alicyclic amines) is 1. The maximum atomic E-state index is 11.6. The summed E-state index contributed by atoms with van der Waals surface area (Å²) in [5.41, 5.74) is 5.35. The van der Waals surface area contributed by atoms with E-state index in [2.05, 4.69) is 5.32 Å². The standard InChI is InChI=1S/C10H21N3O/c11-6-5-7-12-10(14)13-8-3-1-2-4-9-13/h1-9,11H2,(H,12,14). The Balaban J connectivity index is 2.20. The van der Waals surface area contributed by atoms with Crippen molar-refractivity contribution in [3.05, 3.63) is 0 Å². The van der Waals surface area contributed by atoms with Crippen LogP contribution >= 0.6 is 0 Å². The summed E-state index contributed by atoms with van der Waals surface area (Å²) in [4.78, 5) is 13.5. The van der Waals surface area contributed by atoms with Gasteiger partial charge in [0.2, 0.25) is 0 Å². The third-order valence-corrected chi connectivity index (χ3v) is 2.55. The smallest absolute Gasteiger partial charge is 0.317 e. The minimum absolute atomic E-state index is 0.0837. The Hall–Kier alpha value is -0.770. The van der Waals surface area contributed by atoms with E-state index in [1.807, 2.05) is 4.90 Å². The van der Waals surface area contributed by atoms with Crippen LogP contribution in [0.2, 0.25) is 0 Å². The molecule has 1 fully saturated rings. The summed E-state index contributed by atoms with van der Waals surface area (Å²) in [6.45, 7) is 3.16. The molecule has 1 heterocycles. The molecule has 2 amide bonds. The minimum Gasteiger partial charge on any atom is -0.338 e. The molecule has 0 spiro atoms. The van der Waals surface area contributed by atoms with Gasteiger partial charge in [-0.15, -0.1) is 0 Å². The lowest BCUT2D eigenvalue weighted by molar-refractivity contribution is 0.200. The first-order valence-electron chi connectivity index (χ1n) is 5.57. The van der Waals surface area contributed by atoms with Gasteiger partial charge in [0.1, 0.15) is 0 Å². The number of nitrogens with two attached hydrogens (primary N) is 1. The van der Waals surface area contributed by atoms with E-state index in [0.717, 1.165) is 32.4 Å². The molecule has 0 atom stereocenters. The summed E-state index contributed by atoms with van der Waals surface area (Å²) in [6, 6.07) is 0.0837. The molecule has 0 aromatic heterocycles. The topological polar surface area (TPSA) is 58.4 Å². The highest BCUT2D eigenvalue weighted by molar-refractivity contribution is 5.74. The van der Waals surface area contributed by atoms with Gasteiger partial charge in [-0.25, -0.2) is 4.79 Å². The van der Waals surface area contributed by atoms with Crippen LogP contribution in [0.5, 0.6) is 0 Å². The summed E-state index contributed by atoms with van der Waals surface area (Å²) in [5, 5.41) is 2.89. The second-order valence-electron chi connectivity index (χ2n) is 3.78. The van der Waals surface area contributed by atoms with E-state index >= 15 is 0 Å². The van der Waals surface area contributed by atoms with Crippen molar-refractivity contribution in [2.24, 2.45) is 5.73 Å². The molecule has 0 radical (unpaired) electrons. The van der Waals surface area contributed by atoms with Crippen LogP contribution in [-0.2, 0) is 0 Å². The van der Waals surface area contributed by atoms with Crippen LogP contribution in [0.3, 0.4) is 0 Å². The highest BCUT2D eigenvalue weighted by atomic mass is 16.2. The predicted molar refractivity (Wildman–Crippen MR) is 57.1 cm³/mol. The second kappa shape index (κ2) is 6.65. The van der Waals surface area contributed by atoms with Crippen molar-refractivity contribution < 1.29 is 4.79 Å². The van der Waals surface area contributed by atoms with Gasteiger partial charge in [0, 0.05) is 19.6 Å². The van der Waals surface area contributed by atoms with Gasteiger partial charge in [0.25, 0.3) is 0 Å². The van der Waals surface area contributed by atoms with Crippen molar-refractivity contribution in [1.82, 2.24) is 10.2 Å². The maximum Gasteiger partial charge on any atom is 0.317 e. The quantitative estimate of drug-likeness (QED) is 0.664. The van der Waals surface area contributed by atoms with E-state index in [0.29, 0.717) is 13.1 Å². The average Bonchev–Trinajstić information content (AvgIpc) is 2.46. The van der Waals surface area contributed by atoms with E-state index in [1.54, 1.807) is 0 Å². The fourth-order valence-electron chi connectivity index (χ4n) is 1.68. The number of hydrogen-bond acceptors (Lipinski definition) is 2. The molecule has 1 aliphatic rings. The Morgan fingerprint density at radius 1 is 1.21 bits per heavy atom. The maximum absolute atomic E-state index is 11.6. The Kier molecular flexibility index (Phi) is 5.37.